The van der Waals surface area contributed by atoms with E-state index in [1.165, 1.54) is 0 Å². The minimum atomic E-state index is -5.25. The quantitative estimate of drug-likeness (QED) is 0.402. The minimum absolute atomic E-state index is 0. The second-order valence-corrected chi connectivity index (χ2v) is 2.33. The first kappa shape index (κ1) is 9.51. The van der Waals surface area contributed by atoms with Crippen LogP contribution in [0.4, 0.5) is 0 Å². The van der Waals surface area contributed by atoms with Gasteiger partial charge in [-0.15, -0.1) is 0 Å². The molecule has 6 heteroatoms. The van der Waals surface area contributed by atoms with Gasteiger partial charge in [0.25, 0.3) is 0 Å². The van der Waals surface area contributed by atoms with Gasteiger partial charge in [0.1, 0.15) is 0 Å². The number of hydrogen-bond acceptors (Lipinski definition) is 2. The molecular weight excluding hydrogens is 152 g/mol. The fourth-order valence-corrected chi connectivity index (χ4v) is 0. The van der Waals surface area contributed by atoms with Crippen LogP contribution < -0.4 is 0 Å². The van der Waals surface area contributed by atoms with Crippen LogP contribution in [0.5, 0.6) is 0 Å². The summed E-state index contributed by atoms with van der Waals surface area (Å²) >= 11 is -5.25. The Balaban J connectivity index is -0.0000000267. The van der Waals surface area contributed by atoms with Crippen molar-refractivity contribution in [2.75, 3.05) is 0 Å². The zero-order valence-electron chi connectivity index (χ0n) is 4.83. The van der Waals surface area contributed by atoms with Crippen LogP contribution in [0.25, 0.3) is 0 Å². The molecule has 0 amide bonds. The van der Waals surface area contributed by atoms with Gasteiger partial charge in [0.15, 0.2) is 0 Å². The molecule has 6 heavy (non-hydrogen) atoms. The largest absolute Gasteiger partial charge is 2.00 e. The molecule has 36 valence electrons. The van der Waals surface area contributed by atoms with E-state index in [0.717, 1.165) is 0 Å². The van der Waals surface area contributed by atoms with Crippen LogP contribution in [0, 0.1) is 0 Å². The smallest absolute Gasteiger partial charge is 1.00 e. The van der Waals surface area contributed by atoms with E-state index in [9.17, 15) is 0 Å². The van der Waals surface area contributed by atoms with Crippen molar-refractivity contribution in [3.8, 4) is 0 Å². The molecule has 0 atom stereocenters. The van der Waals surface area contributed by atoms with Crippen LogP contribution in [0.3, 0.4) is 0 Å². The van der Waals surface area contributed by atoms with Gasteiger partial charge in [0, 0.05) is 0 Å². The van der Waals surface area contributed by atoms with Gasteiger partial charge < -0.3 is 2.85 Å². The van der Waals surface area contributed by atoms with Crippen LogP contribution in [0.2, 0.25) is 0 Å². The average Bonchev–Trinajstić information content (AvgIpc) is 0.722. The van der Waals surface area contributed by atoms with Crippen molar-refractivity contribution < 1.29 is 18.9 Å². The summed E-state index contributed by atoms with van der Waals surface area (Å²) < 4.78 is 31.9. The summed E-state index contributed by atoms with van der Waals surface area (Å²) in [5.74, 6) is 0. The Morgan fingerprint density at radius 1 is 1.33 bits per heavy atom. The van der Waals surface area contributed by atoms with Gasteiger partial charge in [-0.3, -0.25) is 0 Å². The predicted octanol–water partition coefficient (Wildman–Crippen LogP) is -1.89. The van der Waals surface area contributed by atoms with Crippen LogP contribution in [0.15, 0.2) is 0 Å². The molecule has 0 radical (unpaired) electrons. The minimum Gasteiger partial charge on any atom is -1.00 e. The molecule has 0 saturated carbocycles. The van der Waals surface area contributed by atoms with Gasteiger partial charge in [-0.05, 0) is 0 Å². The van der Waals surface area contributed by atoms with E-state index in [-0.39, 0.29) is 13.0 Å². The van der Waals surface area contributed by atoms with Crippen LogP contribution >= 0.6 is 0 Å². The third-order valence-electron chi connectivity index (χ3n) is 0. The van der Waals surface area contributed by atoms with E-state index in [4.69, 9.17) is 16.0 Å². The third-order valence-corrected chi connectivity index (χ3v) is 0. The summed E-state index contributed by atoms with van der Waals surface area (Å²) in [6.07, 6.45) is 0. The molecule has 0 aliphatic heterocycles. The SMILES string of the molecule is O=[Se](=O)(O)O.[Be+2].[H-].[H-]. The first-order chi connectivity index (χ1) is 2.00. The van der Waals surface area contributed by atoms with Gasteiger partial charge in [-0.25, -0.2) is 0 Å². The monoisotopic (exact) mass is 157 g/mol. The molecule has 0 unspecified atom stereocenters. The number of hydrogen-bond donors (Lipinski definition) is 2. The molecule has 0 aromatic carbocycles. The molecule has 0 heterocycles. The average molecular weight is 156 g/mol. The van der Waals surface area contributed by atoms with Gasteiger partial charge in [0.2, 0.25) is 0 Å². The van der Waals surface area contributed by atoms with Crippen molar-refractivity contribution >= 4 is 23.5 Å². The Labute approximate surface area is 43.3 Å². The van der Waals surface area contributed by atoms with Crippen LogP contribution in [-0.2, 0) is 7.67 Å². The molecule has 0 aromatic rings. The molecule has 0 aromatic heterocycles. The fourth-order valence-electron chi connectivity index (χ4n) is 0. The van der Waals surface area contributed by atoms with Crippen molar-refractivity contribution in [1.29, 1.82) is 0 Å². The Hall–Kier alpha value is 0.208. The van der Waals surface area contributed by atoms with E-state index in [2.05, 4.69) is 0 Å². The molecule has 4 nitrogen and oxygen atoms in total. The Morgan fingerprint density at radius 2 is 1.33 bits per heavy atom. The fraction of sp³-hybridized carbons (Fsp3) is 0. The number of rotatable bonds is 0. The maximum atomic E-state index is 8.82. The molecular formula is H4BeO4Se. The van der Waals surface area contributed by atoms with E-state index in [1.807, 2.05) is 0 Å². The summed E-state index contributed by atoms with van der Waals surface area (Å²) in [5, 5.41) is 0. The van der Waals surface area contributed by atoms with Crippen molar-refractivity contribution in [1.82, 2.24) is 0 Å². The first-order valence-electron chi connectivity index (χ1n) is 0.698. The summed E-state index contributed by atoms with van der Waals surface area (Å²) in [6.45, 7) is 0. The van der Waals surface area contributed by atoms with Gasteiger partial charge in [0.05, 0.1) is 0 Å². The van der Waals surface area contributed by atoms with Crippen molar-refractivity contribution in [2.24, 2.45) is 0 Å². The second kappa shape index (κ2) is 2.39. The standard InChI is InChI=1S/Be.H2O4Se.2H/c;1-5(2,3)4;;/h;(H2,1,2,3,4);;/q+2;;2*-1. The van der Waals surface area contributed by atoms with Crippen molar-refractivity contribution in [2.45, 2.75) is 0 Å². The second-order valence-electron chi connectivity index (χ2n) is 0.448. The Morgan fingerprint density at radius 3 is 1.33 bits per heavy atom. The van der Waals surface area contributed by atoms with Crippen LogP contribution in [-0.4, -0.2) is 31.9 Å². The summed E-state index contributed by atoms with van der Waals surface area (Å²) in [4.78, 5) is 0. The Kier molecular flexibility index (Phi) is 3.79. The van der Waals surface area contributed by atoms with E-state index >= 15 is 0 Å². The molecule has 2 N–H and O–H groups in total. The summed E-state index contributed by atoms with van der Waals surface area (Å²) in [6, 6.07) is 0. The van der Waals surface area contributed by atoms with Crippen molar-refractivity contribution in [3.63, 3.8) is 0 Å². The van der Waals surface area contributed by atoms with Gasteiger partial charge in [-0.2, -0.15) is 0 Å². The zero-order valence-corrected chi connectivity index (χ0v) is 4.54. The molecule has 0 rings (SSSR count). The van der Waals surface area contributed by atoms with Crippen molar-refractivity contribution in [3.05, 3.63) is 0 Å². The zero-order chi connectivity index (χ0) is 4.50. The molecule has 0 aliphatic rings. The third kappa shape index (κ3) is 998. The molecule has 0 aliphatic carbocycles. The van der Waals surface area contributed by atoms with E-state index in [1.54, 1.807) is 0 Å². The summed E-state index contributed by atoms with van der Waals surface area (Å²) in [7, 11) is 0. The Bertz CT molecular complexity index is 97.2. The van der Waals surface area contributed by atoms with E-state index < -0.39 is 13.4 Å². The molecule has 0 spiro atoms. The van der Waals surface area contributed by atoms with E-state index in [0.29, 0.717) is 0 Å². The van der Waals surface area contributed by atoms with Gasteiger partial charge >= 0.3 is 39.5 Å². The molecule has 0 saturated heterocycles. The van der Waals surface area contributed by atoms with Crippen LogP contribution in [0.1, 0.15) is 2.85 Å². The molecule has 0 bridgehead atoms. The first-order valence-corrected chi connectivity index (χ1v) is 3.63. The summed E-state index contributed by atoms with van der Waals surface area (Å²) in [5.41, 5.74) is 0. The normalized spacial score (nSPS) is 9.67. The van der Waals surface area contributed by atoms with Gasteiger partial charge in [-0.1, -0.05) is 0 Å². The maximum absolute atomic E-state index is 8.82. The predicted molar refractivity (Wildman–Crippen MR) is 19.5 cm³/mol. The molecule has 0 fully saturated rings. The topological polar surface area (TPSA) is 74.6 Å². The maximum Gasteiger partial charge on any atom is 2.00 e.